The van der Waals surface area contributed by atoms with Crippen molar-refractivity contribution >= 4 is 17.7 Å². The van der Waals surface area contributed by atoms with Crippen molar-refractivity contribution in [3.63, 3.8) is 0 Å². The summed E-state index contributed by atoms with van der Waals surface area (Å²) in [6.07, 6.45) is 2.04. The zero-order chi connectivity index (χ0) is 15.2. The van der Waals surface area contributed by atoms with Gasteiger partial charge < -0.3 is 20.5 Å². The smallest absolute Gasteiger partial charge is 0.337 e. The predicted octanol–water partition coefficient (Wildman–Crippen LogP) is 2.24. The molecule has 0 saturated carbocycles. The Kier molecular flexibility index (Phi) is 5.16. The summed E-state index contributed by atoms with van der Waals surface area (Å²) in [4.78, 5) is 23.1. The molecule has 114 valence electrons. The second-order valence-corrected chi connectivity index (χ2v) is 5.22. The van der Waals surface area contributed by atoms with Crippen LogP contribution in [0.15, 0.2) is 18.2 Å². The van der Waals surface area contributed by atoms with Crippen molar-refractivity contribution in [3.8, 4) is 0 Å². The number of hydrogen-bond donors (Lipinski definition) is 3. The lowest BCUT2D eigenvalue weighted by Crippen LogP contribution is -2.36. The SMILES string of the molecule is Cc1cccc(C(=O)O)c1NC(=O)NCC1CCCOC1. The van der Waals surface area contributed by atoms with E-state index in [9.17, 15) is 9.59 Å². The van der Waals surface area contributed by atoms with Gasteiger partial charge in [0.05, 0.1) is 17.9 Å². The van der Waals surface area contributed by atoms with Crippen LogP contribution >= 0.6 is 0 Å². The van der Waals surface area contributed by atoms with Gasteiger partial charge in [-0.15, -0.1) is 0 Å². The first kappa shape index (κ1) is 15.3. The number of carboxylic acid groups (broad SMARTS) is 1. The molecule has 6 heteroatoms. The van der Waals surface area contributed by atoms with Crippen LogP contribution in [0, 0.1) is 12.8 Å². The molecule has 1 saturated heterocycles. The first-order valence-electron chi connectivity index (χ1n) is 7.03. The number of benzene rings is 1. The van der Waals surface area contributed by atoms with Crippen LogP contribution in [0.1, 0.15) is 28.8 Å². The third-order valence-electron chi connectivity index (χ3n) is 3.55. The van der Waals surface area contributed by atoms with Crippen molar-refractivity contribution in [2.45, 2.75) is 19.8 Å². The third-order valence-corrected chi connectivity index (χ3v) is 3.55. The van der Waals surface area contributed by atoms with Crippen LogP contribution in [-0.4, -0.2) is 36.9 Å². The van der Waals surface area contributed by atoms with Gasteiger partial charge in [-0.3, -0.25) is 0 Å². The van der Waals surface area contributed by atoms with E-state index in [-0.39, 0.29) is 5.56 Å². The molecule has 1 unspecified atom stereocenters. The van der Waals surface area contributed by atoms with Crippen molar-refractivity contribution in [2.24, 2.45) is 5.92 Å². The lowest BCUT2D eigenvalue weighted by Gasteiger charge is -2.22. The monoisotopic (exact) mass is 292 g/mol. The standard InChI is InChI=1S/C15H20N2O4/c1-10-4-2-6-12(14(18)19)13(10)17-15(20)16-8-11-5-3-7-21-9-11/h2,4,6,11H,3,5,7-9H2,1H3,(H,18,19)(H2,16,17,20). The Hall–Kier alpha value is -2.08. The zero-order valence-corrected chi connectivity index (χ0v) is 12.0. The highest BCUT2D eigenvalue weighted by atomic mass is 16.5. The molecule has 1 fully saturated rings. The number of carbonyl (C=O) groups is 2. The summed E-state index contributed by atoms with van der Waals surface area (Å²) in [6.45, 7) is 3.73. The third kappa shape index (κ3) is 4.19. The number of hydrogen-bond acceptors (Lipinski definition) is 3. The van der Waals surface area contributed by atoms with E-state index in [0.717, 1.165) is 19.4 Å². The molecule has 2 rings (SSSR count). The number of anilines is 1. The number of rotatable bonds is 4. The summed E-state index contributed by atoms with van der Waals surface area (Å²) in [5, 5.41) is 14.5. The van der Waals surface area contributed by atoms with E-state index in [4.69, 9.17) is 9.84 Å². The molecule has 0 bridgehead atoms. The van der Waals surface area contributed by atoms with E-state index in [1.807, 2.05) is 0 Å². The summed E-state index contributed by atoms with van der Waals surface area (Å²) in [5.41, 5.74) is 1.14. The molecule has 1 aliphatic rings. The first-order chi connectivity index (χ1) is 10.1. The van der Waals surface area contributed by atoms with Gasteiger partial charge in [0.15, 0.2) is 0 Å². The molecular formula is C15H20N2O4. The van der Waals surface area contributed by atoms with Crippen LogP contribution < -0.4 is 10.6 Å². The van der Waals surface area contributed by atoms with Crippen LogP contribution in [0.4, 0.5) is 10.5 Å². The van der Waals surface area contributed by atoms with Gasteiger partial charge in [-0.25, -0.2) is 9.59 Å². The highest BCUT2D eigenvalue weighted by molar-refractivity contribution is 6.00. The number of para-hydroxylation sites is 1. The van der Waals surface area contributed by atoms with Crippen LogP contribution in [0.3, 0.4) is 0 Å². The van der Waals surface area contributed by atoms with Gasteiger partial charge in [-0.05, 0) is 37.3 Å². The maximum absolute atomic E-state index is 11.9. The Labute approximate surface area is 123 Å². The molecule has 21 heavy (non-hydrogen) atoms. The van der Waals surface area contributed by atoms with Gasteiger partial charge in [-0.1, -0.05) is 12.1 Å². The van der Waals surface area contributed by atoms with Gasteiger partial charge in [-0.2, -0.15) is 0 Å². The Bertz CT molecular complexity index is 524. The number of carboxylic acids is 1. The minimum absolute atomic E-state index is 0.0890. The predicted molar refractivity (Wildman–Crippen MR) is 78.7 cm³/mol. The van der Waals surface area contributed by atoms with Gasteiger partial charge in [0.2, 0.25) is 0 Å². The second-order valence-electron chi connectivity index (χ2n) is 5.22. The summed E-state index contributed by atoms with van der Waals surface area (Å²) in [6, 6.07) is 4.50. The topological polar surface area (TPSA) is 87.7 Å². The number of carbonyl (C=O) groups excluding carboxylic acids is 1. The molecule has 0 aromatic heterocycles. The minimum Gasteiger partial charge on any atom is -0.478 e. The van der Waals surface area contributed by atoms with Crippen LogP contribution in [0.5, 0.6) is 0 Å². The number of ether oxygens (including phenoxy) is 1. The van der Waals surface area contributed by atoms with Gasteiger partial charge in [0.25, 0.3) is 0 Å². The Balaban J connectivity index is 1.94. The molecule has 1 aromatic rings. The molecule has 0 radical (unpaired) electrons. The quantitative estimate of drug-likeness (QED) is 0.794. The summed E-state index contributed by atoms with van der Waals surface area (Å²) >= 11 is 0. The van der Waals surface area contributed by atoms with Gasteiger partial charge in [0, 0.05) is 13.2 Å². The number of urea groups is 1. The lowest BCUT2D eigenvalue weighted by molar-refractivity contribution is 0.0559. The Morgan fingerprint density at radius 1 is 1.43 bits per heavy atom. The fourth-order valence-electron chi connectivity index (χ4n) is 2.38. The molecule has 1 aromatic carbocycles. The fraction of sp³-hybridized carbons (Fsp3) is 0.467. The maximum Gasteiger partial charge on any atom is 0.337 e. The Morgan fingerprint density at radius 2 is 2.24 bits per heavy atom. The minimum atomic E-state index is -1.06. The van der Waals surface area contributed by atoms with E-state index >= 15 is 0 Å². The van der Waals surface area contributed by atoms with E-state index in [1.54, 1.807) is 19.1 Å². The molecule has 1 heterocycles. The molecule has 0 aliphatic carbocycles. The highest BCUT2D eigenvalue weighted by Gasteiger charge is 2.17. The Morgan fingerprint density at radius 3 is 2.90 bits per heavy atom. The summed E-state index contributed by atoms with van der Waals surface area (Å²) in [7, 11) is 0. The highest BCUT2D eigenvalue weighted by Crippen LogP contribution is 2.20. The van der Waals surface area contributed by atoms with Crippen molar-refractivity contribution < 1.29 is 19.4 Å². The normalized spacial score (nSPS) is 18.0. The first-order valence-corrected chi connectivity index (χ1v) is 7.03. The van der Waals surface area contributed by atoms with E-state index in [0.29, 0.717) is 30.3 Å². The second kappa shape index (κ2) is 7.08. The largest absolute Gasteiger partial charge is 0.478 e. The molecule has 1 atom stereocenters. The lowest BCUT2D eigenvalue weighted by atomic mass is 10.0. The van der Waals surface area contributed by atoms with E-state index < -0.39 is 12.0 Å². The molecule has 6 nitrogen and oxygen atoms in total. The van der Waals surface area contributed by atoms with Crippen molar-refractivity contribution in [3.05, 3.63) is 29.3 Å². The number of amides is 2. The number of aryl methyl sites for hydroxylation is 1. The van der Waals surface area contributed by atoms with Crippen molar-refractivity contribution in [1.82, 2.24) is 5.32 Å². The van der Waals surface area contributed by atoms with Crippen molar-refractivity contribution in [1.29, 1.82) is 0 Å². The van der Waals surface area contributed by atoms with Gasteiger partial charge in [0.1, 0.15) is 0 Å². The maximum atomic E-state index is 11.9. The average Bonchev–Trinajstić information content (AvgIpc) is 2.48. The molecule has 1 aliphatic heterocycles. The van der Waals surface area contributed by atoms with Crippen LogP contribution in [0.2, 0.25) is 0 Å². The van der Waals surface area contributed by atoms with E-state index in [1.165, 1.54) is 6.07 Å². The van der Waals surface area contributed by atoms with Crippen LogP contribution in [0.25, 0.3) is 0 Å². The number of nitrogens with one attached hydrogen (secondary N) is 2. The zero-order valence-electron chi connectivity index (χ0n) is 12.0. The van der Waals surface area contributed by atoms with Gasteiger partial charge >= 0.3 is 12.0 Å². The average molecular weight is 292 g/mol. The number of aromatic carboxylic acids is 1. The molecular weight excluding hydrogens is 272 g/mol. The summed E-state index contributed by atoms with van der Waals surface area (Å²) < 4.78 is 5.35. The van der Waals surface area contributed by atoms with Crippen LogP contribution in [-0.2, 0) is 4.74 Å². The fourth-order valence-corrected chi connectivity index (χ4v) is 2.38. The van der Waals surface area contributed by atoms with E-state index in [2.05, 4.69) is 10.6 Å². The van der Waals surface area contributed by atoms with Crippen molar-refractivity contribution in [2.75, 3.05) is 25.1 Å². The summed E-state index contributed by atoms with van der Waals surface area (Å²) in [5.74, 6) is -0.741. The molecule has 0 spiro atoms. The molecule has 2 amide bonds. The molecule has 3 N–H and O–H groups in total.